The molecule has 24 heavy (non-hydrogen) atoms. The Hall–Kier alpha value is -1.92. The van der Waals surface area contributed by atoms with Crippen LogP contribution in [0.5, 0.6) is 5.75 Å². The smallest absolute Gasteiger partial charge is 0.416 e. The highest BCUT2D eigenvalue weighted by atomic mass is 35.5. The van der Waals surface area contributed by atoms with Crippen molar-refractivity contribution in [1.82, 2.24) is 0 Å². The fourth-order valence-corrected chi connectivity index (χ4v) is 2.08. The Labute approximate surface area is 146 Å². The summed E-state index contributed by atoms with van der Waals surface area (Å²) in [5, 5.41) is 3.11. The fraction of sp³-hybridized carbons (Fsp3) is 0.188. The summed E-state index contributed by atoms with van der Waals surface area (Å²) in [5.41, 5.74) is -0.557. The molecule has 1 atom stereocenters. The van der Waals surface area contributed by atoms with Crippen LogP contribution in [-0.2, 0) is 11.0 Å². The van der Waals surface area contributed by atoms with Crippen LogP contribution in [0.4, 0.5) is 18.9 Å². The Morgan fingerprint density at radius 3 is 2.25 bits per heavy atom. The average molecular weight is 378 g/mol. The third-order valence-corrected chi connectivity index (χ3v) is 3.79. The highest BCUT2D eigenvalue weighted by molar-refractivity contribution is 6.42. The Bertz CT molecular complexity index is 733. The molecule has 3 nitrogen and oxygen atoms in total. The summed E-state index contributed by atoms with van der Waals surface area (Å²) >= 11 is 11.6. The van der Waals surface area contributed by atoms with Gasteiger partial charge in [0, 0.05) is 11.8 Å². The molecule has 0 heterocycles. The second-order valence-electron chi connectivity index (χ2n) is 4.90. The molecule has 0 radical (unpaired) electrons. The molecule has 2 aromatic rings. The quantitative estimate of drug-likeness (QED) is 0.772. The topological polar surface area (TPSA) is 38.3 Å². The van der Waals surface area contributed by atoms with E-state index in [4.69, 9.17) is 27.9 Å². The number of anilines is 1. The normalized spacial score (nSPS) is 12.6. The lowest BCUT2D eigenvalue weighted by Crippen LogP contribution is -2.30. The first-order chi connectivity index (χ1) is 11.2. The van der Waals surface area contributed by atoms with Crippen LogP contribution in [0.1, 0.15) is 12.5 Å². The lowest BCUT2D eigenvalue weighted by atomic mass is 10.2. The maximum absolute atomic E-state index is 12.5. The van der Waals surface area contributed by atoms with E-state index in [0.717, 1.165) is 12.1 Å². The zero-order chi connectivity index (χ0) is 17.9. The molecule has 0 bridgehead atoms. The van der Waals surface area contributed by atoms with Crippen molar-refractivity contribution >= 4 is 34.8 Å². The van der Waals surface area contributed by atoms with E-state index in [1.807, 2.05) is 0 Å². The number of carbonyl (C=O) groups is 1. The van der Waals surface area contributed by atoms with Crippen LogP contribution in [0.3, 0.4) is 0 Å². The molecule has 2 rings (SSSR count). The van der Waals surface area contributed by atoms with Gasteiger partial charge in [-0.25, -0.2) is 0 Å². The van der Waals surface area contributed by atoms with Crippen molar-refractivity contribution in [2.45, 2.75) is 19.2 Å². The molecular formula is C16H12Cl2F3NO2. The van der Waals surface area contributed by atoms with E-state index in [2.05, 4.69) is 5.32 Å². The van der Waals surface area contributed by atoms with E-state index in [0.29, 0.717) is 10.8 Å². The van der Waals surface area contributed by atoms with Crippen LogP contribution in [0.25, 0.3) is 0 Å². The molecule has 2 aromatic carbocycles. The van der Waals surface area contributed by atoms with Crippen LogP contribution in [0.15, 0.2) is 42.5 Å². The molecule has 0 fully saturated rings. The summed E-state index contributed by atoms with van der Waals surface area (Å²) in [7, 11) is 0. The third-order valence-electron chi connectivity index (χ3n) is 3.05. The number of rotatable bonds is 4. The number of carbonyl (C=O) groups excluding carboxylic acids is 1. The number of hydrogen-bond acceptors (Lipinski definition) is 2. The first-order valence-electron chi connectivity index (χ1n) is 6.76. The van der Waals surface area contributed by atoms with E-state index in [9.17, 15) is 18.0 Å². The summed E-state index contributed by atoms with van der Waals surface area (Å²) in [4.78, 5) is 12.0. The van der Waals surface area contributed by atoms with Gasteiger partial charge in [-0.2, -0.15) is 13.2 Å². The van der Waals surface area contributed by atoms with Crippen molar-refractivity contribution in [2.24, 2.45) is 0 Å². The van der Waals surface area contributed by atoms with Gasteiger partial charge in [-0.05, 0) is 43.3 Å². The Morgan fingerprint density at radius 2 is 1.71 bits per heavy atom. The molecule has 0 aliphatic carbocycles. The van der Waals surface area contributed by atoms with Gasteiger partial charge in [0.1, 0.15) is 5.75 Å². The summed E-state index contributed by atoms with van der Waals surface area (Å²) in [6.45, 7) is 1.50. The first kappa shape index (κ1) is 18.4. The second-order valence-corrected chi connectivity index (χ2v) is 5.71. The van der Waals surface area contributed by atoms with Gasteiger partial charge < -0.3 is 10.1 Å². The molecule has 0 saturated carbocycles. The van der Waals surface area contributed by atoms with Gasteiger partial charge >= 0.3 is 6.18 Å². The second kappa shape index (κ2) is 7.32. The number of benzene rings is 2. The molecule has 128 valence electrons. The molecule has 0 aliphatic rings. The molecule has 0 saturated heterocycles. The van der Waals surface area contributed by atoms with Gasteiger partial charge in [-0.15, -0.1) is 0 Å². The molecule has 0 spiro atoms. The zero-order valence-corrected chi connectivity index (χ0v) is 13.8. The lowest BCUT2D eigenvalue weighted by molar-refractivity contribution is -0.137. The lowest BCUT2D eigenvalue weighted by Gasteiger charge is -2.15. The van der Waals surface area contributed by atoms with Crippen LogP contribution in [0.2, 0.25) is 10.0 Å². The number of hydrogen-bond donors (Lipinski definition) is 1. The summed E-state index contributed by atoms with van der Waals surface area (Å²) in [6.07, 6.45) is -5.31. The van der Waals surface area contributed by atoms with E-state index in [1.54, 1.807) is 6.07 Å². The van der Waals surface area contributed by atoms with Crippen LogP contribution < -0.4 is 10.1 Å². The van der Waals surface area contributed by atoms with Crippen LogP contribution in [0, 0.1) is 0 Å². The van der Waals surface area contributed by atoms with Gasteiger partial charge in [0.05, 0.1) is 15.6 Å². The molecule has 0 unspecified atom stereocenters. The number of nitrogens with one attached hydrogen (secondary N) is 1. The molecule has 8 heteroatoms. The van der Waals surface area contributed by atoms with Crippen LogP contribution >= 0.6 is 23.2 Å². The molecule has 1 N–H and O–H groups in total. The van der Waals surface area contributed by atoms with E-state index in [-0.39, 0.29) is 10.7 Å². The summed E-state index contributed by atoms with van der Waals surface area (Å²) < 4.78 is 42.9. The van der Waals surface area contributed by atoms with Crippen molar-refractivity contribution < 1.29 is 22.7 Å². The van der Waals surface area contributed by atoms with Crippen molar-refractivity contribution in [1.29, 1.82) is 0 Å². The van der Waals surface area contributed by atoms with Crippen LogP contribution in [-0.4, -0.2) is 12.0 Å². The van der Waals surface area contributed by atoms with Crippen molar-refractivity contribution in [3.8, 4) is 5.75 Å². The summed E-state index contributed by atoms with van der Waals surface area (Å²) in [6, 6.07) is 8.67. The molecule has 0 aromatic heterocycles. The predicted octanol–water partition coefficient (Wildman–Crippen LogP) is 5.42. The first-order valence-corrected chi connectivity index (χ1v) is 7.52. The third kappa shape index (κ3) is 4.79. The average Bonchev–Trinajstić information content (AvgIpc) is 2.50. The highest BCUT2D eigenvalue weighted by Crippen LogP contribution is 2.30. The maximum atomic E-state index is 12.5. The molecular weight excluding hydrogens is 366 g/mol. The number of ether oxygens (including phenoxy) is 1. The standard InChI is InChI=1S/C16H12Cl2F3NO2/c1-9(24-12-6-7-13(17)14(18)8-12)15(23)22-11-4-2-10(3-5-11)16(19,20)21/h2-9H,1H3,(H,22,23)/t9-/m1/s1. The summed E-state index contributed by atoms with van der Waals surface area (Å²) in [5.74, 6) is -0.166. The number of alkyl halides is 3. The SMILES string of the molecule is C[C@@H](Oc1ccc(Cl)c(Cl)c1)C(=O)Nc1ccc(C(F)(F)F)cc1. The van der Waals surface area contributed by atoms with E-state index < -0.39 is 23.8 Å². The monoisotopic (exact) mass is 377 g/mol. The van der Waals surface area contributed by atoms with E-state index >= 15 is 0 Å². The molecule has 0 aliphatic heterocycles. The van der Waals surface area contributed by atoms with Gasteiger partial charge in [-0.3, -0.25) is 4.79 Å². The number of halogens is 5. The van der Waals surface area contributed by atoms with Crippen molar-refractivity contribution in [3.05, 3.63) is 58.1 Å². The Kier molecular flexibility index (Phi) is 5.62. The van der Waals surface area contributed by atoms with Gasteiger partial charge in [0.2, 0.25) is 0 Å². The van der Waals surface area contributed by atoms with E-state index in [1.165, 1.54) is 31.2 Å². The Balaban J connectivity index is 1.99. The van der Waals surface area contributed by atoms with Gasteiger partial charge in [-0.1, -0.05) is 23.2 Å². The Morgan fingerprint density at radius 1 is 1.08 bits per heavy atom. The van der Waals surface area contributed by atoms with Crippen molar-refractivity contribution in [3.63, 3.8) is 0 Å². The number of amides is 1. The predicted molar refractivity (Wildman–Crippen MR) is 86.6 cm³/mol. The minimum atomic E-state index is -4.42. The highest BCUT2D eigenvalue weighted by Gasteiger charge is 2.30. The minimum Gasteiger partial charge on any atom is -0.481 e. The van der Waals surface area contributed by atoms with Gasteiger partial charge in [0.25, 0.3) is 5.91 Å². The minimum absolute atomic E-state index is 0.234. The molecule has 1 amide bonds. The fourth-order valence-electron chi connectivity index (χ4n) is 1.79. The zero-order valence-electron chi connectivity index (χ0n) is 12.3. The maximum Gasteiger partial charge on any atom is 0.416 e. The van der Waals surface area contributed by atoms with Gasteiger partial charge in [0.15, 0.2) is 6.10 Å². The largest absolute Gasteiger partial charge is 0.481 e. The van der Waals surface area contributed by atoms with Crippen molar-refractivity contribution in [2.75, 3.05) is 5.32 Å².